The predicted octanol–water partition coefficient (Wildman–Crippen LogP) is 1.99. The lowest BCUT2D eigenvalue weighted by atomic mass is 10.1. The van der Waals surface area contributed by atoms with Crippen molar-refractivity contribution in [3.8, 4) is 11.5 Å². The van der Waals surface area contributed by atoms with Gasteiger partial charge in [-0.15, -0.1) is 0 Å². The number of hydrogen-bond donors (Lipinski definition) is 0. The minimum atomic E-state index is 0.0324. The minimum Gasteiger partial charge on any atom is -0.485 e. The van der Waals surface area contributed by atoms with Crippen LogP contribution in [0.2, 0.25) is 0 Å². The smallest absolute Gasteiger partial charge is 0.203 e. The summed E-state index contributed by atoms with van der Waals surface area (Å²) in [6.45, 7) is 0.153. The van der Waals surface area contributed by atoms with Crippen molar-refractivity contribution in [2.45, 2.75) is 0 Å². The number of hydrogen-bond acceptors (Lipinski definition) is 3. The van der Waals surface area contributed by atoms with Gasteiger partial charge in [-0.05, 0) is 12.1 Å². The number of benzene rings is 1. The molecule has 0 aliphatic carbocycles. The van der Waals surface area contributed by atoms with E-state index in [2.05, 4.69) is 0 Å². The summed E-state index contributed by atoms with van der Waals surface area (Å²) in [5, 5.41) is 0. The van der Waals surface area contributed by atoms with Crippen molar-refractivity contribution in [1.82, 2.24) is 0 Å². The molecule has 0 amide bonds. The van der Waals surface area contributed by atoms with Crippen LogP contribution in [0.15, 0.2) is 18.2 Å². The van der Waals surface area contributed by atoms with Crippen LogP contribution in [0.5, 0.6) is 11.5 Å². The van der Waals surface area contributed by atoms with Gasteiger partial charge in [-0.3, -0.25) is 4.79 Å². The molecule has 0 aromatic heterocycles. The minimum absolute atomic E-state index is 0.0324. The monoisotopic (exact) mass is 276 g/mol. The Morgan fingerprint density at radius 3 is 3.08 bits per heavy atom. The largest absolute Gasteiger partial charge is 0.485 e. The highest BCUT2D eigenvalue weighted by atomic mass is 127. The number of fused-ring (bicyclic) bond motifs is 1. The van der Waals surface area contributed by atoms with Gasteiger partial charge in [0.1, 0.15) is 11.5 Å². The van der Waals surface area contributed by atoms with Gasteiger partial charge in [0.15, 0.2) is 29.6 Å². The lowest BCUT2D eigenvalue weighted by Gasteiger charge is -1.99. The van der Waals surface area contributed by atoms with Crippen LogP contribution < -0.4 is 7.80 Å². The number of carbonyl (C=O) groups excluding carboxylic acids is 1. The second-order valence-electron chi connectivity index (χ2n) is 2.45. The highest BCUT2D eigenvalue weighted by molar-refractivity contribution is 14.1. The molecule has 0 fully saturated rings. The molecule has 1 heterocycles. The van der Waals surface area contributed by atoms with Crippen LogP contribution in [0.4, 0.5) is 0 Å². The van der Waals surface area contributed by atoms with Crippen LogP contribution in [0.3, 0.4) is 0 Å². The van der Waals surface area contributed by atoms with Crippen LogP contribution in [0, 0.1) is 0 Å². The molecule has 62 valence electrons. The summed E-state index contributed by atoms with van der Waals surface area (Å²) in [7, 11) is 0. The number of rotatable bonds is 1. The lowest BCUT2D eigenvalue weighted by Crippen LogP contribution is -1.98. The second-order valence-corrected chi connectivity index (χ2v) is 2.89. The van der Waals surface area contributed by atoms with E-state index in [1.807, 2.05) is 0 Å². The second kappa shape index (κ2) is 2.93. The number of ketones is 1. The maximum atomic E-state index is 11.1. The third kappa shape index (κ3) is 1.16. The van der Waals surface area contributed by atoms with Crippen LogP contribution in [-0.2, 0) is 0 Å². The predicted molar refractivity (Wildman–Crippen MR) is 50.9 cm³/mol. The molecule has 0 atom stereocenters. The molecule has 2 rings (SSSR count). The molecule has 0 spiro atoms. The fourth-order valence-electron chi connectivity index (χ4n) is 1.12. The first kappa shape index (κ1) is 7.85. The third-order valence-corrected chi connectivity index (χ3v) is 2.21. The van der Waals surface area contributed by atoms with Gasteiger partial charge in [-0.1, -0.05) is 0 Å². The first-order chi connectivity index (χ1) is 5.81. The Morgan fingerprint density at radius 1 is 1.50 bits per heavy atom. The van der Waals surface area contributed by atoms with Gasteiger partial charge in [-0.2, -0.15) is 0 Å². The van der Waals surface area contributed by atoms with Crippen molar-refractivity contribution < 1.29 is 12.6 Å². The topological polar surface area (TPSA) is 35.5 Å². The SMILES string of the molecule is O=C1COc2cc(OI)ccc21. The van der Waals surface area contributed by atoms with Crippen molar-refractivity contribution in [2.75, 3.05) is 6.61 Å². The zero-order valence-corrected chi connectivity index (χ0v) is 8.20. The molecule has 4 heteroatoms. The van der Waals surface area contributed by atoms with E-state index < -0.39 is 0 Å². The van der Waals surface area contributed by atoms with Crippen molar-refractivity contribution in [1.29, 1.82) is 0 Å². The van der Waals surface area contributed by atoms with Gasteiger partial charge < -0.3 is 7.80 Å². The van der Waals surface area contributed by atoms with Crippen molar-refractivity contribution in [3.63, 3.8) is 0 Å². The molecule has 1 aliphatic heterocycles. The Labute approximate surface area is 83.4 Å². The molecule has 0 saturated heterocycles. The van der Waals surface area contributed by atoms with E-state index in [0.717, 1.165) is 0 Å². The van der Waals surface area contributed by atoms with Gasteiger partial charge >= 0.3 is 0 Å². The van der Waals surface area contributed by atoms with E-state index in [1.165, 1.54) is 0 Å². The van der Waals surface area contributed by atoms with Gasteiger partial charge in [0.05, 0.1) is 5.56 Å². The summed E-state index contributed by atoms with van der Waals surface area (Å²) in [4.78, 5) is 11.1. The Hall–Kier alpha value is -0.780. The highest BCUT2D eigenvalue weighted by Crippen LogP contribution is 2.29. The maximum absolute atomic E-state index is 11.1. The average molecular weight is 276 g/mol. The van der Waals surface area contributed by atoms with Crippen LogP contribution >= 0.6 is 23.0 Å². The average Bonchev–Trinajstić information content (AvgIpc) is 2.47. The first-order valence-corrected chi connectivity index (χ1v) is 4.28. The van der Waals surface area contributed by atoms with Gasteiger partial charge in [-0.25, -0.2) is 0 Å². The van der Waals surface area contributed by atoms with Crippen LogP contribution in [0.25, 0.3) is 0 Å². The Morgan fingerprint density at radius 2 is 2.33 bits per heavy atom. The summed E-state index contributed by atoms with van der Waals surface area (Å²) < 4.78 is 10.1. The summed E-state index contributed by atoms with van der Waals surface area (Å²) in [6.07, 6.45) is 0. The Balaban J connectivity index is 2.48. The highest BCUT2D eigenvalue weighted by Gasteiger charge is 2.20. The van der Waals surface area contributed by atoms with Crippen LogP contribution in [-0.4, -0.2) is 12.4 Å². The van der Waals surface area contributed by atoms with E-state index >= 15 is 0 Å². The van der Waals surface area contributed by atoms with Gasteiger partial charge in [0.25, 0.3) is 0 Å². The zero-order chi connectivity index (χ0) is 8.55. The molecule has 1 aliphatic rings. The molecule has 1 aromatic carbocycles. The van der Waals surface area contributed by atoms with E-state index in [4.69, 9.17) is 7.80 Å². The molecule has 3 nitrogen and oxygen atoms in total. The lowest BCUT2D eigenvalue weighted by molar-refractivity contribution is 0.0961. The summed E-state index contributed by atoms with van der Waals surface area (Å²) in [5.74, 6) is 1.35. The Bertz CT molecular complexity index is 335. The molecule has 0 unspecified atom stereocenters. The fraction of sp³-hybridized carbons (Fsp3) is 0.125. The number of halogens is 1. The van der Waals surface area contributed by atoms with Gasteiger partial charge in [0.2, 0.25) is 5.78 Å². The summed E-state index contributed by atoms with van der Waals surface area (Å²) in [5.41, 5.74) is 0.646. The zero-order valence-electron chi connectivity index (χ0n) is 6.04. The molecule has 0 saturated carbocycles. The third-order valence-electron chi connectivity index (χ3n) is 1.70. The molecule has 0 N–H and O–H groups in total. The van der Waals surface area contributed by atoms with Gasteiger partial charge in [0, 0.05) is 6.07 Å². The normalized spacial score (nSPS) is 13.9. The number of carbonyl (C=O) groups is 1. The van der Waals surface area contributed by atoms with Crippen molar-refractivity contribution in [3.05, 3.63) is 23.8 Å². The van der Waals surface area contributed by atoms with Crippen molar-refractivity contribution >= 4 is 28.8 Å². The Kier molecular flexibility index (Phi) is 1.92. The summed E-state index contributed by atoms with van der Waals surface area (Å²) >= 11 is 1.78. The molecule has 12 heavy (non-hydrogen) atoms. The first-order valence-electron chi connectivity index (χ1n) is 3.40. The van der Waals surface area contributed by atoms with Crippen molar-refractivity contribution in [2.24, 2.45) is 0 Å². The molecular weight excluding hydrogens is 271 g/mol. The van der Waals surface area contributed by atoms with E-state index in [1.54, 1.807) is 41.2 Å². The summed E-state index contributed by atoms with van der Waals surface area (Å²) in [6, 6.07) is 5.18. The number of ether oxygens (including phenoxy) is 1. The van der Waals surface area contributed by atoms with E-state index in [-0.39, 0.29) is 12.4 Å². The fourth-order valence-corrected chi connectivity index (χ4v) is 1.40. The molecular formula is C8H5IO3. The standard InChI is InChI=1S/C8H5IO3/c9-12-5-1-2-6-7(10)4-11-8(6)3-5/h1-3H,4H2. The van der Waals surface area contributed by atoms with E-state index in [0.29, 0.717) is 17.1 Å². The van der Waals surface area contributed by atoms with Crippen LogP contribution in [0.1, 0.15) is 10.4 Å². The maximum Gasteiger partial charge on any atom is 0.203 e. The molecule has 1 aromatic rings. The molecule has 0 bridgehead atoms. The molecule has 0 radical (unpaired) electrons. The number of Topliss-reactive ketones (excluding diaryl/α,β-unsaturated/α-hetero) is 1. The van der Waals surface area contributed by atoms with E-state index in [9.17, 15) is 4.79 Å². The quantitative estimate of drug-likeness (QED) is 0.736.